The third-order valence-corrected chi connectivity index (χ3v) is 6.80. The van der Waals surface area contributed by atoms with Gasteiger partial charge in [-0.05, 0) is 52.6 Å². The molecular weight excluding hydrogens is 462 g/mol. The highest BCUT2D eigenvalue weighted by atomic mass is 16.3. The molecule has 1 fully saturated rings. The Hall–Kier alpha value is -4.36. The van der Waals surface area contributed by atoms with Crippen LogP contribution in [0.15, 0.2) is 96.0 Å². The van der Waals surface area contributed by atoms with Crippen LogP contribution in [0.5, 0.6) is 0 Å². The van der Waals surface area contributed by atoms with Crippen molar-refractivity contribution in [3.63, 3.8) is 0 Å². The van der Waals surface area contributed by atoms with E-state index in [2.05, 4.69) is 38.0 Å². The Morgan fingerprint density at radius 1 is 0.838 bits per heavy atom. The number of benzene rings is 2. The van der Waals surface area contributed by atoms with Crippen LogP contribution in [-0.4, -0.2) is 51.8 Å². The fraction of sp³-hybridized carbons (Fsp3) is 0.200. The van der Waals surface area contributed by atoms with Crippen LogP contribution in [0.25, 0.3) is 22.2 Å². The standard InChI is InChI=1S/C30H27N5O2/c36-28(29-4-2-16-37-29)17-22-5-7-24(8-6-22)25-9-10-26-27(18-25)33-30(20-32-26)35-14-12-34(13-15-35)21-23-3-1-11-31-19-23/h1-11,16,18-20H,12-15,17,21H2. The molecule has 0 atom stereocenters. The van der Waals surface area contributed by atoms with Gasteiger partial charge < -0.3 is 9.32 Å². The molecule has 1 saturated heterocycles. The summed E-state index contributed by atoms with van der Waals surface area (Å²) in [6.07, 6.45) is 7.47. The number of carbonyl (C=O) groups is 1. The summed E-state index contributed by atoms with van der Waals surface area (Å²) in [6.45, 7) is 4.70. The summed E-state index contributed by atoms with van der Waals surface area (Å²) in [5.74, 6) is 1.28. The predicted molar refractivity (Wildman–Crippen MR) is 143 cm³/mol. The van der Waals surface area contributed by atoms with Crippen molar-refractivity contribution in [2.75, 3.05) is 31.1 Å². The number of hydrogen-bond acceptors (Lipinski definition) is 7. The number of furan rings is 1. The number of nitrogens with zero attached hydrogens (tertiary/aromatic N) is 5. The van der Waals surface area contributed by atoms with Gasteiger partial charge in [-0.1, -0.05) is 36.4 Å². The zero-order chi connectivity index (χ0) is 25.0. The Kier molecular flexibility index (Phi) is 6.44. The molecule has 0 radical (unpaired) electrons. The maximum absolute atomic E-state index is 12.3. The van der Waals surface area contributed by atoms with Gasteiger partial charge in [0.2, 0.25) is 5.78 Å². The van der Waals surface area contributed by atoms with E-state index >= 15 is 0 Å². The molecule has 7 nitrogen and oxygen atoms in total. The third-order valence-electron chi connectivity index (χ3n) is 6.80. The van der Waals surface area contributed by atoms with E-state index in [0.29, 0.717) is 12.2 Å². The Balaban J connectivity index is 1.14. The van der Waals surface area contributed by atoms with Crippen molar-refractivity contribution in [1.82, 2.24) is 19.9 Å². The molecule has 2 aromatic carbocycles. The van der Waals surface area contributed by atoms with E-state index in [1.54, 1.807) is 12.1 Å². The molecule has 0 aliphatic carbocycles. The summed E-state index contributed by atoms with van der Waals surface area (Å²) in [6, 6.07) is 21.8. The second-order valence-corrected chi connectivity index (χ2v) is 9.33. The molecule has 1 aliphatic rings. The van der Waals surface area contributed by atoms with Gasteiger partial charge in [-0.3, -0.25) is 19.7 Å². The monoisotopic (exact) mass is 489 g/mol. The number of anilines is 1. The number of ketones is 1. The Morgan fingerprint density at radius 2 is 1.68 bits per heavy atom. The topological polar surface area (TPSA) is 75.4 Å². The van der Waals surface area contributed by atoms with Gasteiger partial charge in [0, 0.05) is 51.5 Å². The van der Waals surface area contributed by atoms with Crippen molar-refractivity contribution >= 4 is 22.6 Å². The Labute approximate surface area is 215 Å². The molecule has 1 aliphatic heterocycles. The molecule has 0 spiro atoms. The molecule has 6 rings (SSSR count). The van der Waals surface area contributed by atoms with Crippen LogP contribution < -0.4 is 4.90 Å². The van der Waals surface area contributed by atoms with Crippen LogP contribution in [0.3, 0.4) is 0 Å². The number of piperazine rings is 1. The van der Waals surface area contributed by atoms with Crippen molar-refractivity contribution < 1.29 is 9.21 Å². The average molecular weight is 490 g/mol. The van der Waals surface area contributed by atoms with Gasteiger partial charge in [-0.2, -0.15) is 0 Å². The summed E-state index contributed by atoms with van der Waals surface area (Å²) in [5, 5.41) is 0. The summed E-state index contributed by atoms with van der Waals surface area (Å²) < 4.78 is 5.21. The quantitative estimate of drug-likeness (QED) is 0.297. The van der Waals surface area contributed by atoms with Crippen LogP contribution in [0.4, 0.5) is 5.82 Å². The minimum atomic E-state index is -0.0239. The van der Waals surface area contributed by atoms with Crippen LogP contribution in [0.2, 0.25) is 0 Å². The SMILES string of the molecule is O=C(Cc1ccc(-c2ccc3ncc(N4CCN(Cc5cccnc5)CC4)nc3c2)cc1)c1ccco1. The van der Waals surface area contributed by atoms with Gasteiger partial charge >= 0.3 is 0 Å². The van der Waals surface area contributed by atoms with Crippen molar-refractivity contribution in [1.29, 1.82) is 0 Å². The molecule has 37 heavy (non-hydrogen) atoms. The number of aromatic nitrogens is 3. The highest BCUT2D eigenvalue weighted by Crippen LogP contribution is 2.25. The van der Waals surface area contributed by atoms with E-state index in [0.717, 1.165) is 66.3 Å². The van der Waals surface area contributed by atoms with E-state index in [4.69, 9.17) is 9.40 Å². The van der Waals surface area contributed by atoms with Gasteiger partial charge in [-0.15, -0.1) is 0 Å². The van der Waals surface area contributed by atoms with Crippen LogP contribution in [0, 0.1) is 0 Å². The summed E-state index contributed by atoms with van der Waals surface area (Å²) >= 11 is 0. The van der Waals surface area contributed by atoms with Crippen molar-refractivity contribution in [3.8, 4) is 11.1 Å². The first-order chi connectivity index (χ1) is 18.2. The van der Waals surface area contributed by atoms with Crippen molar-refractivity contribution in [2.45, 2.75) is 13.0 Å². The molecule has 184 valence electrons. The highest BCUT2D eigenvalue weighted by molar-refractivity contribution is 5.95. The molecule has 7 heteroatoms. The van der Waals surface area contributed by atoms with Gasteiger partial charge in [0.05, 0.1) is 23.5 Å². The van der Waals surface area contributed by atoms with E-state index in [1.807, 2.05) is 55.0 Å². The summed E-state index contributed by atoms with van der Waals surface area (Å²) in [4.78, 5) is 30.9. The lowest BCUT2D eigenvalue weighted by Gasteiger charge is -2.35. The van der Waals surface area contributed by atoms with Crippen LogP contribution >= 0.6 is 0 Å². The molecule has 0 N–H and O–H groups in total. The average Bonchev–Trinajstić information content (AvgIpc) is 3.49. The van der Waals surface area contributed by atoms with E-state index < -0.39 is 0 Å². The first-order valence-electron chi connectivity index (χ1n) is 12.5. The molecule has 0 unspecified atom stereocenters. The first kappa shape index (κ1) is 23.1. The maximum Gasteiger partial charge on any atom is 0.202 e. The highest BCUT2D eigenvalue weighted by Gasteiger charge is 2.19. The second-order valence-electron chi connectivity index (χ2n) is 9.33. The van der Waals surface area contributed by atoms with Gasteiger partial charge in [0.25, 0.3) is 0 Å². The second kappa shape index (κ2) is 10.3. The molecular formula is C30H27N5O2. The lowest BCUT2D eigenvalue weighted by molar-refractivity contribution is 0.0966. The number of pyridine rings is 1. The third kappa shape index (κ3) is 5.27. The molecule has 3 aromatic heterocycles. The summed E-state index contributed by atoms with van der Waals surface area (Å²) in [5.41, 5.74) is 6.10. The van der Waals surface area contributed by atoms with Gasteiger partial charge in [0.15, 0.2) is 5.76 Å². The smallest absolute Gasteiger partial charge is 0.202 e. The first-order valence-corrected chi connectivity index (χ1v) is 12.5. The number of rotatable bonds is 7. The zero-order valence-corrected chi connectivity index (χ0v) is 20.5. The lowest BCUT2D eigenvalue weighted by atomic mass is 10.0. The number of fused-ring (bicyclic) bond motifs is 1. The fourth-order valence-electron chi connectivity index (χ4n) is 4.74. The normalized spacial score (nSPS) is 14.2. The zero-order valence-electron chi connectivity index (χ0n) is 20.5. The largest absolute Gasteiger partial charge is 0.461 e. The van der Waals surface area contributed by atoms with E-state index in [1.165, 1.54) is 11.8 Å². The van der Waals surface area contributed by atoms with Crippen molar-refractivity contribution in [3.05, 3.63) is 108 Å². The van der Waals surface area contributed by atoms with Crippen molar-refractivity contribution in [2.24, 2.45) is 0 Å². The minimum Gasteiger partial charge on any atom is -0.461 e. The van der Waals surface area contributed by atoms with Crippen LogP contribution in [-0.2, 0) is 13.0 Å². The van der Waals surface area contributed by atoms with E-state index in [-0.39, 0.29) is 5.78 Å². The Bertz CT molecular complexity index is 1490. The number of hydrogen-bond donors (Lipinski definition) is 0. The number of carbonyl (C=O) groups excluding carboxylic acids is 1. The maximum atomic E-state index is 12.3. The molecule has 0 amide bonds. The number of Topliss-reactive ketones (excluding diaryl/α,β-unsaturated/α-hetero) is 1. The predicted octanol–water partition coefficient (Wildman–Crippen LogP) is 5.03. The molecule has 0 saturated carbocycles. The lowest BCUT2D eigenvalue weighted by Crippen LogP contribution is -2.46. The minimum absolute atomic E-state index is 0.0239. The van der Waals surface area contributed by atoms with Crippen LogP contribution in [0.1, 0.15) is 21.7 Å². The van der Waals surface area contributed by atoms with Gasteiger partial charge in [0.1, 0.15) is 5.82 Å². The molecule has 0 bridgehead atoms. The Morgan fingerprint density at radius 3 is 2.43 bits per heavy atom. The fourth-order valence-corrected chi connectivity index (χ4v) is 4.74. The summed E-state index contributed by atoms with van der Waals surface area (Å²) in [7, 11) is 0. The molecule has 4 heterocycles. The van der Waals surface area contributed by atoms with E-state index in [9.17, 15) is 4.79 Å². The van der Waals surface area contributed by atoms with Gasteiger partial charge in [-0.25, -0.2) is 4.98 Å². The molecule has 5 aromatic rings.